The van der Waals surface area contributed by atoms with Crippen molar-refractivity contribution in [1.29, 1.82) is 0 Å². The van der Waals surface area contributed by atoms with Crippen molar-refractivity contribution in [3.63, 3.8) is 0 Å². The summed E-state index contributed by atoms with van der Waals surface area (Å²) in [4.78, 5) is 8.13. The van der Waals surface area contributed by atoms with E-state index in [2.05, 4.69) is 15.1 Å². The number of nitrogens with two attached hydrogens (primary N) is 1. The second-order valence-corrected chi connectivity index (χ2v) is 4.04. The van der Waals surface area contributed by atoms with Gasteiger partial charge in [0, 0.05) is 6.20 Å². The second-order valence-electron chi connectivity index (χ2n) is 4.04. The Balaban J connectivity index is 2.42. The number of hydrogen-bond acceptors (Lipinski definition) is 5. The molecule has 0 aliphatic carbocycles. The Bertz CT molecular complexity index is 520. The SMILES string of the molecule is Cc1cnn(-c2ncnc(OC(C)C)c2N)c1. The van der Waals surface area contributed by atoms with Crippen LogP contribution >= 0.6 is 0 Å². The molecule has 0 unspecified atom stereocenters. The molecule has 0 fully saturated rings. The Morgan fingerprint density at radius 2 is 2.12 bits per heavy atom. The summed E-state index contributed by atoms with van der Waals surface area (Å²) < 4.78 is 7.11. The van der Waals surface area contributed by atoms with Crippen LogP contribution in [0.15, 0.2) is 18.7 Å². The molecule has 17 heavy (non-hydrogen) atoms. The summed E-state index contributed by atoms with van der Waals surface area (Å²) in [5.41, 5.74) is 7.39. The molecule has 0 radical (unpaired) electrons. The van der Waals surface area contributed by atoms with E-state index in [0.717, 1.165) is 5.56 Å². The van der Waals surface area contributed by atoms with Gasteiger partial charge in [-0.3, -0.25) is 0 Å². The monoisotopic (exact) mass is 233 g/mol. The van der Waals surface area contributed by atoms with E-state index in [1.807, 2.05) is 27.0 Å². The lowest BCUT2D eigenvalue weighted by Crippen LogP contribution is -2.12. The minimum Gasteiger partial charge on any atom is -0.473 e. The molecule has 0 bridgehead atoms. The zero-order valence-corrected chi connectivity index (χ0v) is 10.1. The lowest BCUT2D eigenvalue weighted by molar-refractivity contribution is 0.233. The molecule has 0 aromatic carbocycles. The van der Waals surface area contributed by atoms with Gasteiger partial charge in [-0.2, -0.15) is 10.1 Å². The van der Waals surface area contributed by atoms with Crippen molar-refractivity contribution in [1.82, 2.24) is 19.7 Å². The average molecular weight is 233 g/mol. The van der Waals surface area contributed by atoms with Gasteiger partial charge < -0.3 is 10.5 Å². The van der Waals surface area contributed by atoms with Crippen LogP contribution in [-0.4, -0.2) is 25.9 Å². The molecule has 0 amide bonds. The number of anilines is 1. The smallest absolute Gasteiger partial charge is 0.242 e. The second kappa shape index (κ2) is 4.40. The van der Waals surface area contributed by atoms with E-state index < -0.39 is 0 Å². The van der Waals surface area contributed by atoms with Crippen LogP contribution in [-0.2, 0) is 0 Å². The van der Waals surface area contributed by atoms with Crippen molar-refractivity contribution < 1.29 is 4.74 Å². The van der Waals surface area contributed by atoms with Gasteiger partial charge in [-0.25, -0.2) is 9.67 Å². The van der Waals surface area contributed by atoms with Crippen LogP contribution in [0.5, 0.6) is 5.88 Å². The van der Waals surface area contributed by atoms with Crippen LogP contribution in [0.4, 0.5) is 5.69 Å². The highest BCUT2D eigenvalue weighted by Gasteiger charge is 2.12. The Labute approximate surface area is 99.4 Å². The summed E-state index contributed by atoms with van der Waals surface area (Å²) in [5, 5.41) is 4.16. The van der Waals surface area contributed by atoms with Gasteiger partial charge in [-0.05, 0) is 26.3 Å². The first kappa shape index (κ1) is 11.4. The summed E-state index contributed by atoms with van der Waals surface area (Å²) in [6.07, 6.45) is 5.02. The molecule has 0 spiro atoms. The maximum absolute atomic E-state index is 5.96. The number of nitrogens with zero attached hydrogens (tertiary/aromatic N) is 4. The van der Waals surface area contributed by atoms with Crippen LogP contribution in [0.2, 0.25) is 0 Å². The van der Waals surface area contributed by atoms with Gasteiger partial charge in [0.05, 0.1) is 12.3 Å². The number of aryl methyl sites for hydroxylation is 1. The molecule has 0 saturated carbocycles. The first-order valence-electron chi connectivity index (χ1n) is 5.36. The van der Waals surface area contributed by atoms with Crippen LogP contribution in [0, 0.1) is 6.92 Å². The summed E-state index contributed by atoms with van der Waals surface area (Å²) in [6, 6.07) is 0. The lowest BCUT2D eigenvalue weighted by atomic mass is 10.4. The average Bonchev–Trinajstić information content (AvgIpc) is 2.67. The van der Waals surface area contributed by atoms with E-state index in [4.69, 9.17) is 10.5 Å². The molecule has 0 atom stereocenters. The molecular formula is C11H15N5O. The molecule has 6 heteroatoms. The van der Waals surface area contributed by atoms with Gasteiger partial charge in [0.15, 0.2) is 5.82 Å². The third kappa shape index (κ3) is 2.35. The third-order valence-corrected chi connectivity index (χ3v) is 2.10. The fraction of sp³-hybridized carbons (Fsp3) is 0.364. The van der Waals surface area contributed by atoms with Gasteiger partial charge in [0.2, 0.25) is 5.88 Å². The van der Waals surface area contributed by atoms with Gasteiger partial charge in [-0.1, -0.05) is 0 Å². The molecule has 2 aromatic rings. The highest BCUT2D eigenvalue weighted by Crippen LogP contribution is 2.24. The lowest BCUT2D eigenvalue weighted by Gasteiger charge is -2.12. The van der Waals surface area contributed by atoms with E-state index in [0.29, 0.717) is 17.4 Å². The number of ether oxygens (including phenoxy) is 1. The minimum atomic E-state index is 0.0133. The molecule has 0 aliphatic rings. The molecule has 0 saturated heterocycles. The van der Waals surface area contributed by atoms with Crippen molar-refractivity contribution in [2.45, 2.75) is 26.9 Å². The van der Waals surface area contributed by atoms with Crippen LogP contribution in [0.3, 0.4) is 0 Å². The maximum atomic E-state index is 5.96. The number of hydrogen-bond donors (Lipinski definition) is 1. The zero-order chi connectivity index (χ0) is 12.4. The normalized spacial score (nSPS) is 10.8. The van der Waals surface area contributed by atoms with Crippen molar-refractivity contribution in [2.75, 3.05) is 5.73 Å². The number of rotatable bonds is 3. The van der Waals surface area contributed by atoms with Crippen LogP contribution in [0.25, 0.3) is 5.82 Å². The van der Waals surface area contributed by atoms with E-state index in [-0.39, 0.29) is 6.10 Å². The molecule has 90 valence electrons. The highest BCUT2D eigenvalue weighted by molar-refractivity contribution is 5.59. The highest BCUT2D eigenvalue weighted by atomic mass is 16.5. The van der Waals surface area contributed by atoms with Crippen molar-refractivity contribution in [3.05, 3.63) is 24.3 Å². The predicted octanol–water partition coefficient (Wildman–Crippen LogP) is 1.34. The fourth-order valence-electron chi connectivity index (χ4n) is 1.40. The molecule has 0 aliphatic heterocycles. The number of nitrogen functional groups attached to an aromatic ring is 1. The van der Waals surface area contributed by atoms with Gasteiger partial charge in [-0.15, -0.1) is 0 Å². The summed E-state index contributed by atoms with van der Waals surface area (Å²) in [5.74, 6) is 0.918. The Morgan fingerprint density at radius 1 is 1.35 bits per heavy atom. The molecule has 2 N–H and O–H groups in total. The van der Waals surface area contributed by atoms with Gasteiger partial charge in [0.25, 0.3) is 0 Å². The van der Waals surface area contributed by atoms with E-state index >= 15 is 0 Å². The van der Waals surface area contributed by atoms with Crippen molar-refractivity contribution in [2.24, 2.45) is 0 Å². The zero-order valence-electron chi connectivity index (χ0n) is 10.1. The van der Waals surface area contributed by atoms with Crippen LogP contribution < -0.4 is 10.5 Å². The van der Waals surface area contributed by atoms with E-state index in [1.54, 1.807) is 10.9 Å². The minimum absolute atomic E-state index is 0.0133. The largest absolute Gasteiger partial charge is 0.473 e. The first-order chi connectivity index (χ1) is 8.08. The Kier molecular flexibility index (Phi) is 2.95. The first-order valence-corrected chi connectivity index (χ1v) is 5.36. The predicted molar refractivity (Wildman–Crippen MR) is 64.1 cm³/mol. The summed E-state index contributed by atoms with van der Waals surface area (Å²) in [6.45, 7) is 5.78. The van der Waals surface area contributed by atoms with Crippen molar-refractivity contribution in [3.8, 4) is 11.7 Å². The van der Waals surface area contributed by atoms with Gasteiger partial charge >= 0.3 is 0 Å². The summed E-state index contributed by atoms with van der Waals surface area (Å²) in [7, 11) is 0. The standard InChI is InChI=1S/C11H15N5O/c1-7(2)17-11-9(12)10(13-6-14-11)16-5-8(3)4-15-16/h4-7H,12H2,1-3H3. The van der Waals surface area contributed by atoms with E-state index in [1.165, 1.54) is 6.33 Å². The summed E-state index contributed by atoms with van der Waals surface area (Å²) >= 11 is 0. The van der Waals surface area contributed by atoms with Gasteiger partial charge in [0.1, 0.15) is 12.0 Å². The molecule has 2 rings (SSSR count). The molecule has 6 nitrogen and oxygen atoms in total. The fourth-order valence-corrected chi connectivity index (χ4v) is 1.40. The van der Waals surface area contributed by atoms with E-state index in [9.17, 15) is 0 Å². The quantitative estimate of drug-likeness (QED) is 0.865. The number of aromatic nitrogens is 4. The van der Waals surface area contributed by atoms with Crippen molar-refractivity contribution >= 4 is 5.69 Å². The third-order valence-electron chi connectivity index (χ3n) is 2.10. The Hall–Kier alpha value is -2.11. The Morgan fingerprint density at radius 3 is 2.71 bits per heavy atom. The topological polar surface area (TPSA) is 78.8 Å². The molecule has 2 aromatic heterocycles. The molecular weight excluding hydrogens is 218 g/mol. The maximum Gasteiger partial charge on any atom is 0.242 e. The van der Waals surface area contributed by atoms with Crippen LogP contribution in [0.1, 0.15) is 19.4 Å². The molecule has 2 heterocycles.